The van der Waals surface area contributed by atoms with Crippen LogP contribution in [0.25, 0.3) is 0 Å². The van der Waals surface area contributed by atoms with Crippen LogP contribution in [0.15, 0.2) is 12.4 Å². The maximum absolute atomic E-state index is 12.4. The summed E-state index contributed by atoms with van der Waals surface area (Å²) in [7, 11) is 1.87. The van der Waals surface area contributed by atoms with Gasteiger partial charge in [0, 0.05) is 38.3 Å². The van der Waals surface area contributed by atoms with E-state index in [4.69, 9.17) is 5.73 Å². The molecule has 0 aromatic carbocycles. The number of tetrazole rings is 1. The van der Waals surface area contributed by atoms with Gasteiger partial charge in [0.05, 0.1) is 18.8 Å². The molecule has 2 aromatic rings. The van der Waals surface area contributed by atoms with Crippen LogP contribution in [-0.2, 0) is 13.6 Å². The predicted molar refractivity (Wildman–Crippen MR) is 83.8 cm³/mol. The lowest BCUT2D eigenvalue weighted by Gasteiger charge is -2.16. The third-order valence-electron chi connectivity index (χ3n) is 4.66. The van der Waals surface area contributed by atoms with E-state index >= 15 is 0 Å². The molecule has 1 aliphatic heterocycles. The number of hydrogen-bond acceptors (Lipinski definition) is 6. The fraction of sp³-hybridized carbons (Fsp3) is 0.643. The Bertz CT molecular complexity index is 734. The monoisotopic (exact) mass is 331 g/mol. The van der Waals surface area contributed by atoms with E-state index < -0.39 is 0 Å². The molecule has 10 heteroatoms. The van der Waals surface area contributed by atoms with Crippen molar-refractivity contribution < 1.29 is 4.79 Å². The van der Waals surface area contributed by atoms with Crippen LogP contribution in [-0.4, -0.2) is 60.1 Å². The van der Waals surface area contributed by atoms with Gasteiger partial charge in [-0.3, -0.25) is 4.68 Å². The number of hydrogen-bond donors (Lipinski definition) is 2. The van der Waals surface area contributed by atoms with Gasteiger partial charge >= 0.3 is 6.03 Å². The second-order valence-corrected chi connectivity index (χ2v) is 6.55. The topological polar surface area (TPSA) is 120 Å². The largest absolute Gasteiger partial charge is 0.331 e. The summed E-state index contributed by atoms with van der Waals surface area (Å²) in [5, 5.41) is 18.7. The highest BCUT2D eigenvalue weighted by Crippen LogP contribution is 2.34. The molecule has 2 atom stereocenters. The molecule has 2 fully saturated rings. The fourth-order valence-corrected chi connectivity index (χ4v) is 3.18. The summed E-state index contributed by atoms with van der Waals surface area (Å²) in [5.74, 6) is 0.805. The number of rotatable bonds is 4. The molecule has 3 N–H and O–H groups in total. The predicted octanol–water partition coefficient (Wildman–Crippen LogP) is -0.622. The Morgan fingerprint density at radius 2 is 2.25 bits per heavy atom. The van der Waals surface area contributed by atoms with Crippen molar-refractivity contribution >= 4 is 6.03 Å². The van der Waals surface area contributed by atoms with Gasteiger partial charge in [-0.25, -0.2) is 9.48 Å². The van der Waals surface area contributed by atoms with Gasteiger partial charge in [-0.15, -0.1) is 5.10 Å². The Labute approximate surface area is 139 Å². The summed E-state index contributed by atoms with van der Waals surface area (Å²) < 4.78 is 3.55. The van der Waals surface area contributed by atoms with Crippen molar-refractivity contribution in [3.05, 3.63) is 23.8 Å². The Hall–Kier alpha value is -2.49. The molecule has 2 aliphatic rings. The molecule has 1 saturated carbocycles. The molecule has 10 nitrogen and oxygen atoms in total. The molecule has 2 amide bonds. The van der Waals surface area contributed by atoms with Gasteiger partial charge in [0.1, 0.15) is 0 Å². The molecule has 0 bridgehead atoms. The van der Waals surface area contributed by atoms with Gasteiger partial charge in [0.2, 0.25) is 0 Å². The van der Waals surface area contributed by atoms with Gasteiger partial charge in [-0.1, -0.05) is 0 Å². The molecule has 2 aromatic heterocycles. The lowest BCUT2D eigenvalue weighted by Crippen LogP contribution is -2.39. The van der Waals surface area contributed by atoms with Crippen molar-refractivity contribution in [2.45, 2.75) is 37.4 Å². The quantitative estimate of drug-likeness (QED) is 0.770. The Morgan fingerprint density at radius 1 is 1.42 bits per heavy atom. The first-order chi connectivity index (χ1) is 11.6. The van der Waals surface area contributed by atoms with Crippen LogP contribution in [0.1, 0.15) is 36.2 Å². The summed E-state index contributed by atoms with van der Waals surface area (Å²) in [4.78, 5) is 14.2. The third kappa shape index (κ3) is 2.84. The number of likely N-dealkylation sites (tertiary alicyclic amines) is 1. The maximum Gasteiger partial charge on any atom is 0.317 e. The minimum atomic E-state index is -0.137. The molecule has 4 rings (SSSR count). The van der Waals surface area contributed by atoms with E-state index in [2.05, 4.69) is 25.9 Å². The van der Waals surface area contributed by atoms with E-state index in [-0.39, 0.29) is 18.0 Å². The van der Waals surface area contributed by atoms with E-state index in [1.54, 1.807) is 14.3 Å². The molecule has 0 radical (unpaired) electrons. The minimum absolute atomic E-state index is 0.0864. The second kappa shape index (κ2) is 5.86. The normalized spacial score (nSPS) is 23.7. The van der Waals surface area contributed by atoms with E-state index in [0.29, 0.717) is 31.5 Å². The van der Waals surface area contributed by atoms with E-state index in [9.17, 15) is 4.79 Å². The number of aromatic nitrogens is 6. The zero-order chi connectivity index (χ0) is 16.7. The number of carbonyl (C=O) groups is 1. The summed E-state index contributed by atoms with van der Waals surface area (Å²) in [6.45, 7) is 1.44. The number of nitrogens with zero attached hydrogens (tertiary/aromatic N) is 7. The number of nitrogens with two attached hydrogens (primary N) is 1. The molecule has 0 spiro atoms. The highest BCUT2D eigenvalue weighted by molar-refractivity contribution is 5.74. The van der Waals surface area contributed by atoms with Gasteiger partial charge in [0.25, 0.3) is 0 Å². The van der Waals surface area contributed by atoms with Gasteiger partial charge in [-0.2, -0.15) is 5.10 Å². The Morgan fingerprint density at radius 3 is 2.96 bits per heavy atom. The number of amides is 2. The van der Waals surface area contributed by atoms with Crippen LogP contribution in [0.4, 0.5) is 4.79 Å². The number of nitrogens with one attached hydrogen (secondary N) is 1. The zero-order valence-electron chi connectivity index (χ0n) is 13.5. The van der Waals surface area contributed by atoms with Crippen LogP contribution < -0.4 is 11.1 Å². The fourth-order valence-electron chi connectivity index (χ4n) is 3.18. The Kier molecular flexibility index (Phi) is 3.68. The first kappa shape index (κ1) is 15.1. The summed E-state index contributed by atoms with van der Waals surface area (Å²) in [6.07, 6.45) is 5.96. The summed E-state index contributed by atoms with van der Waals surface area (Å²) >= 11 is 0. The average Bonchev–Trinajstić information content (AvgIpc) is 2.96. The zero-order valence-corrected chi connectivity index (χ0v) is 13.5. The van der Waals surface area contributed by atoms with Gasteiger partial charge in [0.15, 0.2) is 5.82 Å². The van der Waals surface area contributed by atoms with Crippen molar-refractivity contribution in [1.29, 1.82) is 0 Å². The third-order valence-corrected chi connectivity index (χ3v) is 4.66. The SMILES string of the molecule is Cn1cc([C@@H]2CN(C(=O)NCc3nnnn3C3CC3)C[C@H]2N)cn1. The van der Waals surface area contributed by atoms with Gasteiger partial charge in [-0.05, 0) is 28.8 Å². The van der Waals surface area contributed by atoms with Crippen molar-refractivity contribution in [1.82, 2.24) is 40.2 Å². The smallest absolute Gasteiger partial charge is 0.317 e. The summed E-state index contributed by atoms with van der Waals surface area (Å²) in [5.41, 5.74) is 7.28. The van der Waals surface area contributed by atoms with Crippen LogP contribution in [0, 0.1) is 0 Å². The van der Waals surface area contributed by atoms with Crippen LogP contribution in [0.2, 0.25) is 0 Å². The lowest BCUT2D eigenvalue weighted by molar-refractivity contribution is 0.207. The average molecular weight is 331 g/mol. The van der Waals surface area contributed by atoms with Gasteiger partial charge < -0.3 is 16.0 Å². The highest BCUT2D eigenvalue weighted by Gasteiger charge is 2.35. The molecule has 1 aliphatic carbocycles. The summed E-state index contributed by atoms with van der Waals surface area (Å²) in [6, 6.07) is 0.168. The van der Waals surface area contributed by atoms with Crippen molar-refractivity contribution in [2.24, 2.45) is 12.8 Å². The molecule has 24 heavy (non-hydrogen) atoms. The molecule has 0 unspecified atom stereocenters. The highest BCUT2D eigenvalue weighted by atomic mass is 16.2. The Balaban J connectivity index is 1.36. The molecular weight excluding hydrogens is 310 g/mol. The van der Waals surface area contributed by atoms with E-state index in [1.807, 2.05) is 19.4 Å². The molecule has 1 saturated heterocycles. The first-order valence-corrected chi connectivity index (χ1v) is 8.15. The molecule has 128 valence electrons. The maximum atomic E-state index is 12.4. The van der Waals surface area contributed by atoms with Crippen molar-refractivity contribution in [3.8, 4) is 0 Å². The van der Waals surface area contributed by atoms with Crippen molar-refractivity contribution in [2.75, 3.05) is 13.1 Å². The molecular formula is C14H21N9O. The van der Waals surface area contributed by atoms with Crippen LogP contribution >= 0.6 is 0 Å². The minimum Gasteiger partial charge on any atom is -0.331 e. The number of aryl methyl sites for hydroxylation is 1. The van der Waals surface area contributed by atoms with Crippen LogP contribution in [0.5, 0.6) is 0 Å². The second-order valence-electron chi connectivity index (χ2n) is 6.55. The van der Waals surface area contributed by atoms with Crippen LogP contribution in [0.3, 0.4) is 0 Å². The number of carbonyl (C=O) groups excluding carboxylic acids is 1. The van der Waals surface area contributed by atoms with E-state index in [1.165, 1.54) is 0 Å². The van der Waals surface area contributed by atoms with E-state index in [0.717, 1.165) is 18.4 Å². The lowest BCUT2D eigenvalue weighted by atomic mass is 9.98. The number of urea groups is 1. The standard InChI is InChI=1S/C14H21N9O/c1-21-6-9(4-17-21)11-7-22(8-12(11)15)14(24)16-5-13-18-19-20-23(13)10-2-3-10/h4,6,10-12H,2-3,5,7-8,15H2,1H3,(H,16,24)/t11-,12+/m0/s1. The first-order valence-electron chi connectivity index (χ1n) is 8.15. The molecule has 3 heterocycles. The van der Waals surface area contributed by atoms with Crippen molar-refractivity contribution in [3.63, 3.8) is 0 Å².